The fraction of sp³-hybridized carbons (Fsp3) is 0.900. The monoisotopic (exact) mass is 247 g/mol. The summed E-state index contributed by atoms with van der Waals surface area (Å²) in [7, 11) is 0. The molecule has 76 valence electrons. The molecule has 1 rings (SSSR count). The molecule has 0 spiro atoms. The fourth-order valence-electron chi connectivity index (χ4n) is 2.00. The van der Waals surface area contributed by atoms with E-state index in [1.54, 1.807) is 0 Å². The molecule has 0 aromatic rings. The van der Waals surface area contributed by atoms with Gasteiger partial charge in [0.2, 0.25) is 5.91 Å². The lowest BCUT2D eigenvalue weighted by atomic mass is 9.86. The second-order valence-corrected chi connectivity index (χ2v) is 5.06. The van der Waals surface area contributed by atoms with E-state index in [2.05, 4.69) is 15.9 Å². The fourth-order valence-corrected chi connectivity index (χ4v) is 2.26. The van der Waals surface area contributed by atoms with E-state index >= 15 is 0 Å². The number of carbonyl (C=O) groups is 1. The number of rotatable bonds is 4. The molecule has 2 N–H and O–H groups in total. The summed E-state index contributed by atoms with van der Waals surface area (Å²) in [5.74, 6) is 0.615. The summed E-state index contributed by atoms with van der Waals surface area (Å²) in [5.41, 5.74) is 5.17. The average molecular weight is 248 g/mol. The van der Waals surface area contributed by atoms with Gasteiger partial charge in [0, 0.05) is 0 Å². The third-order valence-corrected chi connectivity index (χ3v) is 3.77. The van der Waals surface area contributed by atoms with Gasteiger partial charge in [-0.15, -0.1) is 0 Å². The Kier molecular flexibility index (Phi) is 4.78. The molecule has 0 aromatic carbocycles. The Hall–Kier alpha value is -0.0500. The van der Waals surface area contributed by atoms with Crippen LogP contribution >= 0.6 is 15.9 Å². The van der Waals surface area contributed by atoms with E-state index in [1.165, 1.54) is 32.1 Å². The largest absolute Gasteiger partial charge is 0.369 e. The van der Waals surface area contributed by atoms with Gasteiger partial charge in [-0.3, -0.25) is 4.79 Å². The Morgan fingerprint density at radius 2 is 2.00 bits per heavy atom. The van der Waals surface area contributed by atoms with Gasteiger partial charge in [-0.2, -0.15) is 0 Å². The van der Waals surface area contributed by atoms with Crippen molar-refractivity contribution in [2.45, 2.75) is 49.8 Å². The SMILES string of the molecule is NC(=O)C(Br)CCC1CCCCC1. The number of primary amides is 1. The maximum absolute atomic E-state index is 10.7. The Balaban J connectivity index is 2.13. The molecule has 3 heteroatoms. The molecule has 1 saturated carbocycles. The Labute approximate surface area is 88.4 Å². The molecule has 0 bridgehead atoms. The van der Waals surface area contributed by atoms with Crippen LogP contribution in [0.1, 0.15) is 44.9 Å². The molecule has 1 atom stereocenters. The van der Waals surface area contributed by atoms with Gasteiger partial charge in [-0.25, -0.2) is 0 Å². The van der Waals surface area contributed by atoms with Crippen molar-refractivity contribution in [2.75, 3.05) is 0 Å². The predicted octanol–water partition coefficient (Wildman–Crippen LogP) is 2.60. The van der Waals surface area contributed by atoms with Crippen LogP contribution in [0.4, 0.5) is 0 Å². The smallest absolute Gasteiger partial charge is 0.231 e. The van der Waals surface area contributed by atoms with Crippen molar-refractivity contribution in [2.24, 2.45) is 11.7 Å². The molecule has 1 aliphatic rings. The molecule has 1 aliphatic carbocycles. The van der Waals surface area contributed by atoms with E-state index in [0.717, 1.165) is 18.8 Å². The number of hydrogen-bond donors (Lipinski definition) is 1. The van der Waals surface area contributed by atoms with E-state index in [1.807, 2.05) is 0 Å². The standard InChI is InChI=1S/C10H18BrNO/c11-9(10(12)13)7-6-8-4-2-1-3-5-8/h8-9H,1-7H2,(H2,12,13). The van der Waals surface area contributed by atoms with Gasteiger partial charge in [-0.05, 0) is 18.8 Å². The molecule has 0 aromatic heterocycles. The van der Waals surface area contributed by atoms with Crippen LogP contribution in [0.25, 0.3) is 0 Å². The highest BCUT2D eigenvalue weighted by molar-refractivity contribution is 9.10. The summed E-state index contributed by atoms with van der Waals surface area (Å²) in [6.07, 6.45) is 8.88. The molecule has 13 heavy (non-hydrogen) atoms. The van der Waals surface area contributed by atoms with E-state index in [4.69, 9.17) is 5.73 Å². The van der Waals surface area contributed by atoms with Gasteiger partial charge in [0.15, 0.2) is 0 Å². The van der Waals surface area contributed by atoms with Crippen molar-refractivity contribution in [3.63, 3.8) is 0 Å². The van der Waals surface area contributed by atoms with E-state index in [9.17, 15) is 4.79 Å². The van der Waals surface area contributed by atoms with Crippen molar-refractivity contribution in [3.8, 4) is 0 Å². The molecular formula is C10H18BrNO. The summed E-state index contributed by atoms with van der Waals surface area (Å²) >= 11 is 3.29. The summed E-state index contributed by atoms with van der Waals surface area (Å²) in [4.78, 5) is 10.6. The summed E-state index contributed by atoms with van der Waals surface area (Å²) in [6.45, 7) is 0. The highest BCUT2D eigenvalue weighted by Crippen LogP contribution is 2.28. The number of alkyl halides is 1. The zero-order chi connectivity index (χ0) is 9.68. The van der Waals surface area contributed by atoms with Crippen molar-refractivity contribution in [1.29, 1.82) is 0 Å². The summed E-state index contributed by atoms with van der Waals surface area (Å²) in [5, 5.41) is 0. The first-order valence-electron chi connectivity index (χ1n) is 5.13. The van der Waals surface area contributed by atoms with Crippen LogP contribution in [0.2, 0.25) is 0 Å². The molecule has 0 heterocycles. The Morgan fingerprint density at radius 1 is 1.38 bits per heavy atom. The minimum Gasteiger partial charge on any atom is -0.369 e. The van der Waals surface area contributed by atoms with Crippen LogP contribution in [-0.4, -0.2) is 10.7 Å². The van der Waals surface area contributed by atoms with Gasteiger partial charge in [0.25, 0.3) is 0 Å². The van der Waals surface area contributed by atoms with Crippen LogP contribution in [0.5, 0.6) is 0 Å². The molecule has 0 radical (unpaired) electrons. The molecule has 0 saturated heterocycles. The lowest BCUT2D eigenvalue weighted by Crippen LogP contribution is -2.24. The van der Waals surface area contributed by atoms with Crippen molar-refractivity contribution < 1.29 is 4.79 Å². The van der Waals surface area contributed by atoms with Crippen molar-refractivity contribution in [3.05, 3.63) is 0 Å². The van der Waals surface area contributed by atoms with Crippen molar-refractivity contribution >= 4 is 21.8 Å². The van der Waals surface area contributed by atoms with E-state index in [0.29, 0.717) is 0 Å². The minimum absolute atomic E-state index is 0.116. The van der Waals surface area contributed by atoms with Gasteiger partial charge in [0.05, 0.1) is 4.83 Å². The molecule has 0 aliphatic heterocycles. The second-order valence-electron chi connectivity index (χ2n) is 3.95. The maximum Gasteiger partial charge on any atom is 0.231 e. The maximum atomic E-state index is 10.7. The van der Waals surface area contributed by atoms with E-state index < -0.39 is 0 Å². The molecule has 2 nitrogen and oxygen atoms in total. The van der Waals surface area contributed by atoms with Crippen LogP contribution in [0.3, 0.4) is 0 Å². The third-order valence-electron chi connectivity index (χ3n) is 2.86. The van der Waals surface area contributed by atoms with Crippen LogP contribution < -0.4 is 5.73 Å². The van der Waals surface area contributed by atoms with Crippen LogP contribution in [0.15, 0.2) is 0 Å². The van der Waals surface area contributed by atoms with Crippen LogP contribution in [-0.2, 0) is 4.79 Å². The average Bonchev–Trinajstić information content (AvgIpc) is 2.15. The summed E-state index contributed by atoms with van der Waals surface area (Å²) in [6, 6.07) is 0. The first kappa shape index (κ1) is 11.0. The number of halogens is 1. The lowest BCUT2D eigenvalue weighted by Gasteiger charge is -2.21. The molecule has 1 amide bonds. The zero-order valence-corrected chi connectivity index (χ0v) is 9.55. The lowest BCUT2D eigenvalue weighted by molar-refractivity contribution is -0.117. The first-order valence-corrected chi connectivity index (χ1v) is 6.05. The van der Waals surface area contributed by atoms with Crippen molar-refractivity contribution in [1.82, 2.24) is 0 Å². The molecular weight excluding hydrogens is 230 g/mol. The highest BCUT2D eigenvalue weighted by atomic mass is 79.9. The molecule has 1 fully saturated rings. The van der Waals surface area contributed by atoms with Gasteiger partial charge < -0.3 is 5.73 Å². The third kappa shape index (κ3) is 4.12. The topological polar surface area (TPSA) is 43.1 Å². The molecule has 1 unspecified atom stereocenters. The first-order chi connectivity index (χ1) is 6.20. The zero-order valence-electron chi connectivity index (χ0n) is 7.97. The second kappa shape index (κ2) is 5.63. The number of amides is 1. The Morgan fingerprint density at radius 3 is 2.54 bits per heavy atom. The number of nitrogens with two attached hydrogens (primary N) is 1. The Bertz CT molecular complexity index is 166. The summed E-state index contributed by atoms with van der Waals surface area (Å²) < 4.78 is 0. The van der Waals surface area contributed by atoms with Gasteiger partial charge in [-0.1, -0.05) is 48.0 Å². The van der Waals surface area contributed by atoms with Gasteiger partial charge >= 0.3 is 0 Å². The van der Waals surface area contributed by atoms with Crippen LogP contribution in [0, 0.1) is 5.92 Å². The quantitative estimate of drug-likeness (QED) is 0.763. The predicted molar refractivity (Wildman–Crippen MR) is 57.7 cm³/mol. The highest BCUT2D eigenvalue weighted by Gasteiger charge is 2.17. The minimum atomic E-state index is -0.226. The van der Waals surface area contributed by atoms with Gasteiger partial charge in [0.1, 0.15) is 0 Å². The normalized spacial score (nSPS) is 21.3. The van der Waals surface area contributed by atoms with E-state index in [-0.39, 0.29) is 10.7 Å². The number of hydrogen-bond acceptors (Lipinski definition) is 1. The number of carbonyl (C=O) groups excluding carboxylic acids is 1.